The van der Waals surface area contributed by atoms with Gasteiger partial charge in [0, 0.05) is 20.8 Å². The van der Waals surface area contributed by atoms with E-state index in [9.17, 15) is 9.59 Å². The van der Waals surface area contributed by atoms with E-state index in [1.54, 1.807) is 25.1 Å². The molecule has 3 rings (SSSR count). The summed E-state index contributed by atoms with van der Waals surface area (Å²) in [7, 11) is 0. The van der Waals surface area contributed by atoms with E-state index >= 15 is 0 Å². The van der Waals surface area contributed by atoms with Crippen LogP contribution in [0.2, 0.25) is 10.0 Å². The largest absolute Gasteiger partial charge is 0.342 e. The molecular formula is C25H26Cl2IN5O2S. The number of carbonyl (C=O) groups excluding carboxylic acids is 2. The molecule has 2 amide bonds. The van der Waals surface area contributed by atoms with Gasteiger partial charge in [-0.05, 0) is 77.4 Å². The van der Waals surface area contributed by atoms with Crippen LogP contribution < -0.4 is 10.6 Å². The second-order valence-electron chi connectivity index (χ2n) is 8.28. The van der Waals surface area contributed by atoms with Crippen molar-refractivity contribution in [2.24, 2.45) is 0 Å². The highest BCUT2D eigenvalue weighted by atomic mass is 127. The summed E-state index contributed by atoms with van der Waals surface area (Å²) in [6, 6.07) is 10.2. The number of carbonyl (C=O) groups is 2. The molecule has 0 fully saturated rings. The Morgan fingerprint density at radius 3 is 2.58 bits per heavy atom. The Hall–Kier alpha value is -2.08. The van der Waals surface area contributed by atoms with E-state index in [0.29, 0.717) is 28.1 Å². The number of benzene rings is 2. The minimum Gasteiger partial charge on any atom is -0.342 e. The number of rotatable bonds is 10. The number of thioether (sulfide) groups is 1. The first-order chi connectivity index (χ1) is 17.1. The lowest BCUT2D eigenvalue weighted by Gasteiger charge is -2.16. The minimum absolute atomic E-state index is 0.142. The second kappa shape index (κ2) is 12.9. The lowest BCUT2D eigenvalue weighted by atomic mass is 10.0. The molecule has 3 aromatic rings. The van der Waals surface area contributed by atoms with Gasteiger partial charge in [-0.25, -0.2) is 0 Å². The monoisotopic (exact) mass is 657 g/mol. The Balaban J connectivity index is 1.70. The maximum atomic E-state index is 12.7. The summed E-state index contributed by atoms with van der Waals surface area (Å²) < 4.78 is 2.94. The average Bonchev–Trinajstić information content (AvgIpc) is 3.21. The molecule has 0 saturated carbocycles. The molecular weight excluding hydrogens is 632 g/mol. The maximum absolute atomic E-state index is 12.7. The van der Waals surface area contributed by atoms with Gasteiger partial charge in [-0.1, -0.05) is 54.9 Å². The Morgan fingerprint density at radius 1 is 1.17 bits per heavy atom. The summed E-state index contributed by atoms with van der Waals surface area (Å²) in [6.45, 7) is 10.2. The molecule has 0 saturated heterocycles. The molecule has 2 aromatic carbocycles. The predicted molar refractivity (Wildman–Crippen MR) is 155 cm³/mol. The Labute approximate surface area is 238 Å². The van der Waals surface area contributed by atoms with Crippen LogP contribution in [0.1, 0.15) is 54.5 Å². The SMILES string of the molecule is C=CCn1c(SCC(=O)Nc2ccc(I)cc2C(C)C)nnc1[C@H](C)NC(=O)c1ccc(Cl)cc1Cl. The normalized spacial score (nSPS) is 11.9. The summed E-state index contributed by atoms with van der Waals surface area (Å²) >= 11 is 15.6. The number of amides is 2. The van der Waals surface area contributed by atoms with Crippen LogP contribution in [0.15, 0.2) is 54.2 Å². The van der Waals surface area contributed by atoms with E-state index in [0.717, 1.165) is 14.8 Å². The van der Waals surface area contributed by atoms with E-state index in [2.05, 4.69) is 69.9 Å². The molecule has 11 heteroatoms. The van der Waals surface area contributed by atoms with Crippen LogP contribution in [0, 0.1) is 3.57 Å². The Morgan fingerprint density at radius 2 is 1.92 bits per heavy atom. The number of aromatic nitrogens is 3. The third-order valence-electron chi connectivity index (χ3n) is 5.21. The molecule has 2 N–H and O–H groups in total. The standard InChI is InChI=1S/C25H26Cl2IN5O2S/c1-5-10-33-23(15(4)29-24(35)18-8-6-16(26)11-20(18)27)31-32-25(33)36-13-22(34)30-21-9-7-17(28)12-19(21)14(2)3/h5-9,11-12,14-15H,1,10,13H2,2-4H3,(H,29,35)(H,30,34)/t15-/m0/s1. The number of anilines is 1. The van der Waals surface area contributed by atoms with Crippen molar-refractivity contribution in [1.29, 1.82) is 0 Å². The third-order valence-corrected chi connectivity index (χ3v) is 7.40. The second-order valence-corrected chi connectivity index (χ2v) is 11.3. The van der Waals surface area contributed by atoms with Gasteiger partial charge in [0.2, 0.25) is 5.91 Å². The van der Waals surface area contributed by atoms with Crippen LogP contribution in [0.5, 0.6) is 0 Å². The predicted octanol–water partition coefficient (Wildman–Crippen LogP) is 6.72. The molecule has 1 heterocycles. The Kier molecular flexibility index (Phi) is 10.2. The van der Waals surface area contributed by atoms with Crippen LogP contribution >= 0.6 is 57.6 Å². The highest BCUT2D eigenvalue weighted by molar-refractivity contribution is 14.1. The first kappa shape index (κ1) is 28.5. The van der Waals surface area contributed by atoms with Gasteiger partial charge < -0.3 is 15.2 Å². The van der Waals surface area contributed by atoms with Gasteiger partial charge in [0.05, 0.1) is 22.4 Å². The van der Waals surface area contributed by atoms with Crippen molar-refractivity contribution in [3.05, 3.63) is 79.6 Å². The molecule has 0 aliphatic carbocycles. The number of nitrogens with one attached hydrogen (secondary N) is 2. The minimum atomic E-state index is -0.472. The van der Waals surface area contributed by atoms with Crippen LogP contribution in [-0.2, 0) is 11.3 Å². The third kappa shape index (κ3) is 7.24. The van der Waals surface area contributed by atoms with Crippen molar-refractivity contribution in [3.63, 3.8) is 0 Å². The van der Waals surface area contributed by atoms with E-state index in [-0.39, 0.29) is 28.5 Å². The van der Waals surface area contributed by atoms with Gasteiger partial charge in [-0.15, -0.1) is 16.8 Å². The number of halogens is 3. The van der Waals surface area contributed by atoms with Crippen molar-refractivity contribution in [3.8, 4) is 0 Å². The van der Waals surface area contributed by atoms with Crippen LogP contribution in [0.4, 0.5) is 5.69 Å². The van der Waals surface area contributed by atoms with Gasteiger partial charge in [0.1, 0.15) is 0 Å². The Bertz CT molecular complexity index is 1280. The summed E-state index contributed by atoms with van der Waals surface area (Å²) in [4.78, 5) is 25.5. The maximum Gasteiger partial charge on any atom is 0.253 e. The number of hydrogen-bond donors (Lipinski definition) is 2. The molecule has 0 spiro atoms. The van der Waals surface area contributed by atoms with Crippen LogP contribution in [0.25, 0.3) is 0 Å². The molecule has 7 nitrogen and oxygen atoms in total. The van der Waals surface area contributed by atoms with Crippen molar-refractivity contribution in [1.82, 2.24) is 20.1 Å². The fourth-order valence-corrected chi connectivity index (χ4v) is 5.25. The molecule has 36 heavy (non-hydrogen) atoms. The van der Waals surface area contributed by atoms with Crippen molar-refractivity contribution in [2.45, 2.75) is 44.4 Å². The zero-order valence-electron chi connectivity index (χ0n) is 20.0. The fraction of sp³-hybridized carbons (Fsp3) is 0.280. The quantitative estimate of drug-likeness (QED) is 0.144. The highest BCUT2D eigenvalue weighted by Gasteiger charge is 2.22. The highest BCUT2D eigenvalue weighted by Crippen LogP contribution is 2.27. The zero-order chi connectivity index (χ0) is 26.4. The summed E-state index contributed by atoms with van der Waals surface area (Å²) in [5, 5.41) is 15.7. The molecule has 0 aliphatic heterocycles. The summed E-state index contributed by atoms with van der Waals surface area (Å²) in [5.74, 6) is 0.470. The molecule has 0 bridgehead atoms. The number of allylic oxidation sites excluding steroid dienone is 1. The van der Waals surface area contributed by atoms with E-state index in [4.69, 9.17) is 23.2 Å². The molecule has 1 atom stereocenters. The molecule has 0 unspecified atom stereocenters. The van der Waals surface area contributed by atoms with Gasteiger partial charge >= 0.3 is 0 Å². The van der Waals surface area contributed by atoms with Gasteiger partial charge in [0.15, 0.2) is 11.0 Å². The molecule has 1 aromatic heterocycles. The molecule has 190 valence electrons. The number of nitrogens with zero attached hydrogens (tertiary/aromatic N) is 3. The van der Waals surface area contributed by atoms with Gasteiger partial charge in [-0.3, -0.25) is 9.59 Å². The summed E-state index contributed by atoms with van der Waals surface area (Å²) in [6.07, 6.45) is 1.71. The number of hydrogen-bond acceptors (Lipinski definition) is 5. The van der Waals surface area contributed by atoms with E-state index in [1.807, 2.05) is 16.7 Å². The average molecular weight is 658 g/mol. The van der Waals surface area contributed by atoms with E-state index < -0.39 is 6.04 Å². The fourth-order valence-electron chi connectivity index (χ4n) is 3.48. The van der Waals surface area contributed by atoms with E-state index in [1.165, 1.54) is 17.8 Å². The molecule has 0 aliphatic rings. The lowest BCUT2D eigenvalue weighted by Crippen LogP contribution is -2.29. The van der Waals surface area contributed by atoms with Crippen molar-refractivity contribution >= 4 is 75.1 Å². The van der Waals surface area contributed by atoms with Crippen molar-refractivity contribution < 1.29 is 9.59 Å². The molecule has 0 radical (unpaired) electrons. The van der Waals surface area contributed by atoms with Crippen LogP contribution in [0.3, 0.4) is 0 Å². The first-order valence-electron chi connectivity index (χ1n) is 11.1. The first-order valence-corrected chi connectivity index (χ1v) is 13.9. The summed E-state index contributed by atoms with van der Waals surface area (Å²) in [5.41, 5.74) is 2.20. The van der Waals surface area contributed by atoms with Gasteiger partial charge in [0.25, 0.3) is 5.91 Å². The van der Waals surface area contributed by atoms with Crippen molar-refractivity contribution in [2.75, 3.05) is 11.1 Å². The van der Waals surface area contributed by atoms with Crippen LogP contribution in [-0.4, -0.2) is 32.3 Å². The van der Waals surface area contributed by atoms with Gasteiger partial charge in [-0.2, -0.15) is 0 Å². The lowest BCUT2D eigenvalue weighted by molar-refractivity contribution is -0.113. The smallest absolute Gasteiger partial charge is 0.253 e. The zero-order valence-corrected chi connectivity index (χ0v) is 24.5. The topological polar surface area (TPSA) is 88.9 Å².